The second-order valence-electron chi connectivity index (χ2n) is 4.91. The van der Waals surface area contributed by atoms with Crippen molar-refractivity contribution in [2.45, 2.75) is 26.9 Å². The molecular formula is C15H15ClN2O4. The van der Waals surface area contributed by atoms with Crippen LogP contribution in [0.5, 0.6) is 5.75 Å². The number of carboxylic acids is 1. The summed E-state index contributed by atoms with van der Waals surface area (Å²) < 4.78 is 5.58. The number of halogens is 1. The van der Waals surface area contributed by atoms with Crippen molar-refractivity contribution in [1.29, 1.82) is 0 Å². The van der Waals surface area contributed by atoms with Gasteiger partial charge in [0.15, 0.2) is 0 Å². The minimum absolute atomic E-state index is 0.0725. The minimum atomic E-state index is -1.08. The fourth-order valence-electron chi connectivity index (χ4n) is 1.96. The Morgan fingerprint density at radius 3 is 2.55 bits per heavy atom. The zero-order valence-electron chi connectivity index (χ0n) is 12.1. The van der Waals surface area contributed by atoms with E-state index in [0.717, 1.165) is 11.1 Å². The van der Waals surface area contributed by atoms with Crippen molar-refractivity contribution < 1.29 is 14.6 Å². The number of H-pyrrole nitrogens is 1. The molecule has 1 aromatic carbocycles. The summed E-state index contributed by atoms with van der Waals surface area (Å²) in [5, 5.41) is 9.36. The molecule has 0 fully saturated rings. The third kappa shape index (κ3) is 3.85. The molecule has 6 nitrogen and oxygen atoms in total. The molecule has 2 N–H and O–H groups in total. The van der Waals surface area contributed by atoms with E-state index in [1.165, 1.54) is 6.20 Å². The largest absolute Gasteiger partial charge is 0.486 e. The summed E-state index contributed by atoms with van der Waals surface area (Å²) in [5.41, 5.74) is 1.43. The van der Waals surface area contributed by atoms with Crippen molar-refractivity contribution in [2.75, 3.05) is 0 Å². The number of hydrogen-bond acceptors (Lipinski definition) is 4. The number of aryl methyl sites for hydroxylation is 2. The molecule has 0 atom stereocenters. The number of benzene rings is 1. The smallest absolute Gasteiger partial charge is 0.308 e. The van der Waals surface area contributed by atoms with Gasteiger partial charge in [0.2, 0.25) is 0 Å². The van der Waals surface area contributed by atoms with Crippen molar-refractivity contribution >= 4 is 17.6 Å². The van der Waals surface area contributed by atoms with Gasteiger partial charge >= 0.3 is 5.97 Å². The van der Waals surface area contributed by atoms with Gasteiger partial charge in [-0.05, 0) is 37.1 Å². The summed E-state index contributed by atoms with van der Waals surface area (Å²) in [6.07, 6.45) is 0.892. The SMILES string of the molecule is Cc1cc(OCc2ncc(CC(=O)O)c(=O)[nH]2)cc(C)c1Cl. The van der Waals surface area contributed by atoms with E-state index >= 15 is 0 Å². The monoisotopic (exact) mass is 322 g/mol. The highest BCUT2D eigenvalue weighted by Crippen LogP contribution is 2.26. The topological polar surface area (TPSA) is 92.3 Å². The van der Waals surface area contributed by atoms with E-state index in [-0.39, 0.29) is 18.6 Å². The van der Waals surface area contributed by atoms with Crippen LogP contribution in [0.15, 0.2) is 23.1 Å². The van der Waals surface area contributed by atoms with Crippen molar-refractivity contribution in [1.82, 2.24) is 9.97 Å². The van der Waals surface area contributed by atoms with Crippen LogP contribution in [0, 0.1) is 13.8 Å². The van der Waals surface area contributed by atoms with Gasteiger partial charge in [0.05, 0.1) is 6.42 Å². The fourth-order valence-corrected chi connectivity index (χ4v) is 2.07. The molecule has 0 spiro atoms. The number of nitrogens with one attached hydrogen (secondary N) is 1. The van der Waals surface area contributed by atoms with E-state index in [9.17, 15) is 9.59 Å². The highest BCUT2D eigenvalue weighted by molar-refractivity contribution is 6.32. The molecule has 0 saturated carbocycles. The van der Waals surface area contributed by atoms with Gasteiger partial charge in [-0.1, -0.05) is 11.6 Å². The average Bonchev–Trinajstić information content (AvgIpc) is 2.44. The molecule has 0 aliphatic carbocycles. The van der Waals surface area contributed by atoms with E-state index < -0.39 is 11.5 Å². The third-order valence-corrected chi connectivity index (χ3v) is 3.65. The van der Waals surface area contributed by atoms with Gasteiger partial charge in [0.1, 0.15) is 18.2 Å². The number of carbonyl (C=O) groups is 1. The van der Waals surface area contributed by atoms with Gasteiger partial charge in [-0.15, -0.1) is 0 Å². The Hall–Kier alpha value is -2.34. The van der Waals surface area contributed by atoms with Crippen molar-refractivity contribution in [3.63, 3.8) is 0 Å². The first kappa shape index (κ1) is 16.0. The Balaban J connectivity index is 2.10. The normalized spacial score (nSPS) is 10.5. The van der Waals surface area contributed by atoms with E-state index in [1.54, 1.807) is 12.1 Å². The van der Waals surface area contributed by atoms with Crippen LogP contribution in [-0.4, -0.2) is 21.0 Å². The van der Waals surface area contributed by atoms with E-state index in [2.05, 4.69) is 9.97 Å². The maximum atomic E-state index is 11.7. The highest BCUT2D eigenvalue weighted by Gasteiger charge is 2.08. The van der Waals surface area contributed by atoms with Gasteiger partial charge in [-0.2, -0.15) is 0 Å². The summed E-state index contributed by atoms with van der Waals surface area (Å²) in [5.74, 6) is -0.135. The molecule has 0 unspecified atom stereocenters. The molecule has 116 valence electrons. The minimum Gasteiger partial charge on any atom is -0.486 e. The number of aliphatic carboxylic acids is 1. The van der Waals surface area contributed by atoms with Crippen molar-refractivity contribution in [2.24, 2.45) is 0 Å². The first-order valence-corrected chi connectivity index (χ1v) is 6.93. The predicted octanol–water partition coefficient (Wildman–Crippen LogP) is 2.25. The number of ether oxygens (including phenoxy) is 1. The third-order valence-electron chi connectivity index (χ3n) is 3.05. The summed E-state index contributed by atoms with van der Waals surface area (Å²) in [6, 6.07) is 3.60. The second-order valence-corrected chi connectivity index (χ2v) is 5.29. The van der Waals surface area contributed by atoms with Gasteiger partial charge < -0.3 is 14.8 Å². The quantitative estimate of drug-likeness (QED) is 0.880. The lowest BCUT2D eigenvalue weighted by atomic mass is 10.1. The van der Waals surface area contributed by atoms with Gasteiger partial charge in [0.25, 0.3) is 5.56 Å². The Labute approximate surface area is 131 Å². The Kier molecular flexibility index (Phi) is 4.82. The van der Waals surface area contributed by atoms with Crippen LogP contribution in [0.1, 0.15) is 22.5 Å². The fraction of sp³-hybridized carbons (Fsp3) is 0.267. The zero-order valence-corrected chi connectivity index (χ0v) is 12.9. The van der Waals surface area contributed by atoms with Crippen LogP contribution in [0.2, 0.25) is 5.02 Å². The van der Waals surface area contributed by atoms with Gasteiger partial charge in [-0.3, -0.25) is 9.59 Å². The van der Waals surface area contributed by atoms with Crippen LogP contribution in [0.25, 0.3) is 0 Å². The zero-order chi connectivity index (χ0) is 16.3. The lowest BCUT2D eigenvalue weighted by molar-refractivity contribution is -0.136. The summed E-state index contributed by atoms with van der Waals surface area (Å²) in [7, 11) is 0. The molecule has 0 radical (unpaired) electrons. The van der Waals surface area contributed by atoms with Crippen LogP contribution >= 0.6 is 11.6 Å². The Morgan fingerprint density at radius 1 is 1.36 bits per heavy atom. The maximum absolute atomic E-state index is 11.7. The second kappa shape index (κ2) is 6.62. The Morgan fingerprint density at radius 2 is 2.00 bits per heavy atom. The number of aromatic nitrogens is 2. The molecule has 0 aliphatic rings. The van der Waals surface area contributed by atoms with Crippen LogP contribution in [0.4, 0.5) is 0 Å². The average molecular weight is 323 g/mol. The summed E-state index contributed by atoms with van der Waals surface area (Å²) in [4.78, 5) is 28.8. The van der Waals surface area contributed by atoms with Crippen LogP contribution in [0.3, 0.4) is 0 Å². The van der Waals surface area contributed by atoms with Crippen LogP contribution < -0.4 is 10.3 Å². The predicted molar refractivity (Wildman–Crippen MR) is 81.5 cm³/mol. The standard InChI is InChI=1S/C15H15ClN2O4/c1-8-3-11(4-9(2)14(8)16)22-7-12-17-6-10(5-13(19)20)15(21)18-12/h3-4,6H,5,7H2,1-2H3,(H,19,20)(H,17,18,21). The van der Waals surface area contributed by atoms with E-state index in [0.29, 0.717) is 16.6 Å². The lowest BCUT2D eigenvalue weighted by Crippen LogP contribution is -2.19. The molecule has 0 saturated heterocycles. The van der Waals surface area contributed by atoms with Crippen molar-refractivity contribution in [3.8, 4) is 5.75 Å². The molecule has 1 aromatic heterocycles. The molecule has 7 heteroatoms. The number of aromatic amines is 1. The van der Waals surface area contributed by atoms with E-state index in [1.807, 2.05) is 13.8 Å². The first-order chi connectivity index (χ1) is 10.4. The number of hydrogen-bond donors (Lipinski definition) is 2. The molecule has 22 heavy (non-hydrogen) atoms. The highest BCUT2D eigenvalue weighted by atomic mass is 35.5. The molecule has 2 rings (SSSR count). The van der Waals surface area contributed by atoms with Crippen molar-refractivity contribution in [3.05, 3.63) is 56.2 Å². The molecular weight excluding hydrogens is 308 g/mol. The molecule has 0 aliphatic heterocycles. The first-order valence-electron chi connectivity index (χ1n) is 6.55. The number of rotatable bonds is 5. The number of nitrogens with zero attached hydrogens (tertiary/aromatic N) is 1. The summed E-state index contributed by atoms with van der Waals surface area (Å²) >= 11 is 6.08. The van der Waals surface area contributed by atoms with Gasteiger partial charge in [0, 0.05) is 16.8 Å². The van der Waals surface area contributed by atoms with Gasteiger partial charge in [-0.25, -0.2) is 4.98 Å². The summed E-state index contributed by atoms with van der Waals surface area (Å²) in [6.45, 7) is 3.83. The maximum Gasteiger partial charge on any atom is 0.308 e. The molecule has 1 heterocycles. The van der Waals surface area contributed by atoms with E-state index in [4.69, 9.17) is 21.4 Å². The number of carboxylic acid groups (broad SMARTS) is 1. The molecule has 0 bridgehead atoms. The Bertz CT molecular complexity index is 747. The molecule has 2 aromatic rings. The lowest BCUT2D eigenvalue weighted by Gasteiger charge is -2.09. The van der Waals surface area contributed by atoms with Crippen LogP contribution in [-0.2, 0) is 17.8 Å². The molecule has 0 amide bonds.